The van der Waals surface area contributed by atoms with Crippen molar-refractivity contribution in [3.63, 3.8) is 0 Å². The molecule has 10 N–H and O–H groups in total. The minimum atomic E-state index is -2.37. The normalized spacial score (nSPS) is 43.7. The van der Waals surface area contributed by atoms with Gasteiger partial charge in [-0.25, -0.2) is 0 Å². The van der Waals surface area contributed by atoms with Crippen LogP contribution in [0.5, 0.6) is 0 Å². The molecule has 0 radical (unpaired) electrons. The molecule has 0 aromatic heterocycles. The summed E-state index contributed by atoms with van der Waals surface area (Å²) in [4.78, 5) is 2.04. The van der Waals surface area contributed by atoms with Crippen molar-refractivity contribution in [2.75, 3.05) is 32.9 Å². The molecule has 47 heavy (non-hydrogen) atoms. The Morgan fingerprint density at radius 2 is 1.43 bits per heavy atom. The third-order valence-corrected chi connectivity index (χ3v) is 9.16. The molecular weight excluding hydrogens is 626 g/mol. The van der Waals surface area contributed by atoms with Gasteiger partial charge in [0.05, 0.1) is 13.2 Å². The fraction of sp³-hybridized carbons (Fsp3) is 0.742. The van der Waals surface area contributed by atoms with Crippen LogP contribution in [0.3, 0.4) is 0 Å². The van der Waals surface area contributed by atoms with E-state index in [9.17, 15) is 51.1 Å². The molecule has 0 bridgehead atoms. The van der Waals surface area contributed by atoms with Crippen LogP contribution >= 0.6 is 0 Å². The van der Waals surface area contributed by atoms with E-state index < -0.39 is 111 Å². The molecule has 0 aliphatic carbocycles. The molecule has 1 aromatic carbocycles. The van der Waals surface area contributed by atoms with Crippen LogP contribution in [0.1, 0.15) is 24.8 Å². The molecule has 4 fully saturated rings. The zero-order valence-electron chi connectivity index (χ0n) is 25.6. The first-order chi connectivity index (χ1) is 22.5. The molecule has 0 saturated carbocycles. The number of benzene rings is 1. The first kappa shape index (κ1) is 36.4. The van der Waals surface area contributed by atoms with Gasteiger partial charge in [0.2, 0.25) is 5.79 Å². The van der Waals surface area contributed by atoms with E-state index in [0.29, 0.717) is 13.1 Å². The van der Waals surface area contributed by atoms with Gasteiger partial charge in [0.25, 0.3) is 0 Å². The predicted octanol–water partition coefficient (Wildman–Crippen LogP) is -4.66. The van der Waals surface area contributed by atoms with Gasteiger partial charge >= 0.3 is 0 Å². The smallest absolute Gasteiger partial charge is 0.224 e. The average molecular weight is 672 g/mol. The summed E-state index contributed by atoms with van der Waals surface area (Å²) in [5, 5.41) is 104. The summed E-state index contributed by atoms with van der Waals surface area (Å²) in [7, 11) is 0. The van der Waals surface area contributed by atoms with Crippen molar-refractivity contribution >= 4 is 0 Å². The van der Waals surface area contributed by atoms with E-state index in [1.165, 1.54) is 0 Å². The molecule has 4 aliphatic heterocycles. The number of piperidine rings is 1. The highest BCUT2D eigenvalue weighted by Crippen LogP contribution is 2.36. The van der Waals surface area contributed by atoms with Crippen molar-refractivity contribution in [1.29, 1.82) is 0 Å². The second kappa shape index (κ2) is 15.8. The van der Waals surface area contributed by atoms with Crippen molar-refractivity contribution in [2.24, 2.45) is 0 Å². The van der Waals surface area contributed by atoms with E-state index in [1.54, 1.807) is 0 Å². The van der Waals surface area contributed by atoms with E-state index >= 15 is 0 Å². The Kier molecular flexibility index (Phi) is 12.2. The summed E-state index contributed by atoms with van der Waals surface area (Å²) < 4.78 is 28.2. The van der Waals surface area contributed by atoms with Crippen molar-refractivity contribution in [1.82, 2.24) is 4.90 Å². The summed E-state index contributed by atoms with van der Waals surface area (Å²) in [6.07, 6.45) is -18.7. The van der Waals surface area contributed by atoms with Crippen LogP contribution in [0.25, 0.3) is 0 Å². The number of nitrogens with zero attached hydrogens (tertiary/aromatic N) is 1. The van der Waals surface area contributed by atoms with Gasteiger partial charge in [-0.1, -0.05) is 36.5 Å². The maximum atomic E-state index is 11.0. The third kappa shape index (κ3) is 7.66. The summed E-state index contributed by atoms with van der Waals surface area (Å²) in [6, 6.07) is 8.49. The number of rotatable bonds is 9. The van der Waals surface area contributed by atoms with Crippen LogP contribution in [0, 0.1) is 11.8 Å². The van der Waals surface area contributed by atoms with Crippen LogP contribution < -0.4 is 0 Å². The fourth-order valence-electron chi connectivity index (χ4n) is 6.34. The lowest BCUT2D eigenvalue weighted by Gasteiger charge is -2.46. The van der Waals surface area contributed by atoms with Gasteiger partial charge in [0, 0.05) is 5.56 Å². The van der Waals surface area contributed by atoms with Gasteiger partial charge in [-0.15, -0.1) is 0 Å². The number of ether oxygens (including phenoxy) is 5. The molecule has 4 aliphatic rings. The molecule has 5 rings (SSSR count). The van der Waals surface area contributed by atoms with Gasteiger partial charge in [0.1, 0.15) is 79.8 Å². The molecule has 16 heteroatoms. The second-order valence-corrected chi connectivity index (χ2v) is 12.3. The summed E-state index contributed by atoms with van der Waals surface area (Å²) >= 11 is 0. The Hall–Kier alpha value is -1.86. The lowest BCUT2D eigenvalue weighted by Crippen LogP contribution is -2.65. The topological polar surface area (TPSA) is 252 Å². The van der Waals surface area contributed by atoms with Gasteiger partial charge < -0.3 is 74.7 Å². The summed E-state index contributed by atoms with van der Waals surface area (Å²) in [5.41, 5.74) is 0.731. The lowest BCUT2D eigenvalue weighted by atomic mass is 9.92. The molecule has 0 spiro atoms. The zero-order chi connectivity index (χ0) is 33.9. The zero-order valence-corrected chi connectivity index (χ0v) is 25.6. The second-order valence-electron chi connectivity index (χ2n) is 12.3. The van der Waals surface area contributed by atoms with Crippen molar-refractivity contribution < 1.29 is 74.7 Å². The van der Waals surface area contributed by atoms with E-state index in [-0.39, 0.29) is 0 Å². The van der Waals surface area contributed by atoms with Gasteiger partial charge in [-0.2, -0.15) is 0 Å². The van der Waals surface area contributed by atoms with Gasteiger partial charge in [-0.3, -0.25) is 4.90 Å². The highest BCUT2D eigenvalue weighted by molar-refractivity contribution is 5.35. The number of hydrogen-bond acceptors (Lipinski definition) is 16. The third-order valence-electron chi connectivity index (χ3n) is 9.16. The van der Waals surface area contributed by atoms with Crippen LogP contribution in [0.15, 0.2) is 30.3 Å². The standard InChI is InChI=1S/C31H45NO15/c33-13-18-21(36)28(42)31(15-34,46-18)47-30-26(41)22(37)20(35)19(44-30)14-43-29-25(40)23(38)24(39)27(45-29)17(32-11-5-2-6-12-32)10-9-16-7-3-1-4-8-16/h1,3-4,7-8,17-30,33-42H,2,5-6,11-15H2/t17?,18-,19-,20-,21-,22+,23+,24-,25-,26-,27-,28+,29+,30-,31+/m1/s1. The number of hydrogen-bond donors (Lipinski definition) is 10. The van der Waals surface area contributed by atoms with Crippen LogP contribution in [0.2, 0.25) is 0 Å². The van der Waals surface area contributed by atoms with Crippen molar-refractivity contribution in [3.05, 3.63) is 35.9 Å². The largest absolute Gasteiger partial charge is 0.394 e. The first-order valence-corrected chi connectivity index (χ1v) is 15.8. The Morgan fingerprint density at radius 1 is 0.766 bits per heavy atom. The predicted molar refractivity (Wildman–Crippen MR) is 157 cm³/mol. The molecule has 1 unspecified atom stereocenters. The molecule has 264 valence electrons. The fourth-order valence-corrected chi connectivity index (χ4v) is 6.34. The van der Waals surface area contributed by atoms with E-state index in [1.807, 2.05) is 35.2 Å². The Morgan fingerprint density at radius 3 is 2.06 bits per heavy atom. The summed E-state index contributed by atoms with van der Waals surface area (Å²) in [5.74, 6) is 3.89. The molecule has 0 amide bonds. The van der Waals surface area contributed by atoms with E-state index in [4.69, 9.17) is 23.7 Å². The average Bonchev–Trinajstić information content (AvgIpc) is 3.34. The first-order valence-electron chi connectivity index (χ1n) is 15.8. The number of aliphatic hydroxyl groups excluding tert-OH is 10. The quantitative estimate of drug-likeness (QED) is 0.111. The SMILES string of the molecule is OC[C@H]1O[C@@](CO)(O[C@H]2O[C@H](CO[C@H]3O[C@H](C(C#Cc4ccccc4)N4CCCCC4)[C@H](O)[C@H](O)[C@H]3O)[C@@H](O)[C@H](O)[C@H]2O)[C@@H](O)[C@@H]1O. The molecule has 16 nitrogen and oxygen atoms in total. The lowest BCUT2D eigenvalue weighted by molar-refractivity contribution is -0.388. The number of likely N-dealkylation sites (tertiary alicyclic amines) is 1. The molecule has 4 saturated heterocycles. The molecular formula is C31H45NO15. The van der Waals surface area contributed by atoms with Crippen molar-refractivity contribution in [3.8, 4) is 11.8 Å². The molecule has 4 heterocycles. The van der Waals surface area contributed by atoms with Crippen molar-refractivity contribution in [2.45, 2.75) is 111 Å². The Labute approximate surface area is 271 Å². The van der Waals surface area contributed by atoms with Crippen LogP contribution in [-0.2, 0) is 23.7 Å². The van der Waals surface area contributed by atoms with Crippen LogP contribution in [-0.4, -0.2) is 180 Å². The molecule has 15 atom stereocenters. The summed E-state index contributed by atoms with van der Waals surface area (Å²) in [6.45, 7) is -1.07. The molecule has 1 aromatic rings. The maximum Gasteiger partial charge on any atom is 0.224 e. The van der Waals surface area contributed by atoms with E-state index in [0.717, 1.165) is 24.8 Å². The highest BCUT2D eigenvalue weighted by atomic mass is 16.8. The number of aliphatic hydroxyl groups is 10. The minimum Gasteiger partial charge on any atom is -0.394 e. The van der Waals surface area contributed by atoms with E-state index in [2.05, 4.69) is 11.8 Å². The van der Waals surface area contributed by atoms with Crippen LogP contribution in [0.4, 0.5) is 0 Å². The van der Waals surface area contributed by atoms with Gasteiger partial charge in [-0.05, 0) is 38.1 Å². The minimum absolute atomic E-state index is 0.608. The Bertz CT molecular complexity index is 1200. The van der Waals surface area contributed by atoms with Gasteiger partial charge in [0.15, 0.2) is 12.6 Å². The highest BCUT2D eigenvalue weighted by Gasteiger charge is 2.58. The Balaban J connectivity index is 1.31. The maximum absolute atomic E-state index is 11.0. The monoisotopic (exact) mass is 671 g/mol.